The van der Waals surface area contributed by atoms with E-state index >= 15 is 0 Å². The fraction of sp³-hybridized carbons (Fsp3) is 0.258. The normalized spacial score (nSPS) is 17.8. The number of hydrogen-bond donors (Lipinski definition) is 0. The Balaban J connectivity index is 0.000000112. The molecule has 0 amide bonds. The highest BCUT2D eigenvalue weighted by molar-refractivity contribution is 6.11. The molecule has 1 saturated heterocycles. The second kappa shape index (κ2) is 9.72. The van der Waals surface area contributed by atoms with Crippen molar-refractivity contribution in [2.24, 2.45) is 0 Å². The molecule has 2 heteroatoms. The Kier molecular flexibility index (Phi) is 6.37. The second-order valence-electron chi connectivity index (χ2n) is 9.03. The van der Waals surface area contributed by atoms with Crippen molar-refractivity contribution in [2.75, 3.05) is 6.61 Å². The van der Waals surface area contributed by atoms with E-state index < -0.39 is 0 Å². The Morgan fingerprint density at radius 1 is 0.788 bits per heavy atom. The van der Waals surface area contributed by atoms with Gasteiger partial charge in [0.05, 0.1) is 6.10 Å². The Hall–Kier alpha value is -3.23. The van der Waals surface area contributed by atoms with E-state index in [0.717, 1.165) is 30.4 Å². The van der Waals surface area contributed by atoms with Crippen molar-refractivity contribution in [3.63, 3.8) is 0 Å². The van der Waals surface area contributed by atoms with Crippen LogP contribution in [-0.2, 0) is 17.6 Å². The number of fused-ring (bicyclic) bond motifs is 6. The van der Waals surface area contributed by atoms with Crippen molar-refractivity contribution < 1.29 is 9.53 Å². The number of carbonyl (C=O) groups is 1. The maximum absolute atomic E-state index is 11.7. The predicted octanol–water partition coefficient (Wildman–Crippen LogP) is 7.56. The van der Waals surface area contributed by atoms with Crippen molar-refractivity contribution in [3.05, 3.63) is 101 Å². The van der Waals surface area contributed by atoms with Crippen LogP contribution < -0.4 is 0 Å². The number of ether oxygens (including phenoxy) is 1. The highest BCUT2D eigenvalue weighted by Gasteiger charge is 2.21. The quantitative estimate of drug-likeness (QED) is 0.285. The summed E-state index contributed by atoms with van der Waals surface area (Å²) in [5.41, 5.74) is 5.05. The SMILES string of the molecule is C1=Cc2c(ccc3ccccc23)C1.CC1CCCO1.O=C1CCc2ccc3ccccc3c21. The van der Waals surface area contributed by atoms with Gasteiger partial charge in [0.1, 0.15) is 0 Å². The van der Waals surface area contributed by atoms with Gasteiger partial charge in [-0.1, -0.05) is 84.9 Å². The summed E-state index contributed by atoms with van der Waals surface area (Å²) in [4.78, 5) is 11.7. The first-order valence-electron chi connectivity index (χ1n) is 12.0. The number of hydrogen-bond acceptors (Lipinski definition) is 2. The molecule has 1 fully saturated rings. The fourth-order valence-corrected chi connectivity index (χ4v) is 4.99. The Morgan fingerprint density at radius 2 is 1.48 bits per heavy atom. The number of aryl methyl sites for hydroxylation is 1. The topological polar surface area (TPSA) is 26.3 Å². The number of carbonyl (C=O) groups excluding carboxylic acids is 1. The summed E-state index contributed by atoms with van der Waals surface area (Å²) in [6.45, 7) is 3.11. The van der Waals surface area contributed by atoms with E-state index in [-0.39, 0.29) is 0 Å². The zero-order valence-electron chi connectivity index (χ0n) is 19.2. The molecule has 0 radical (unpaired) electrons. The molecular formula is C31H30O2. The van der Waals surface area contributed by atoms with Gasteiger partial charge in [-0.2, -0.15) is 0 Å². The summed E-state index contributed by atoms with van der Waals surface area (Å²) in [6, 6.07) is 25.3. The van der Waals surface area contributed by atoms with Gasteiger partial charge in [-0.05, 0) is 70.8 Å². The van der Waals surface area contributed by atoms with Crippen LogP contribution in [0.1, 0.15) is 53.2 Å². The van der Waals surface area contributed by atoms with Crippen molar-refractivity contribution in [2.45, 2.75) is 45.1 Å². The summed E-state index contributed by atoms with van der Waals surface area (Å²) in [6.07, 6.45) is 10.2. The van der Waals surface area contributed by atoms with Gasteiger partial charge in [-0.25, -0.2) is 0 Å². The zero-order chi connectivity index (χ0) is 22.6. The van der Waals surface area contributed by atoms with E-state index in [2.05, 4.69) is 73.7 Å². The average molecular weight is 435 g/mol. The Morgan fingerprint density at radius 3 is 2.18 bits per heavy atom. The fourth-order valence-electron chi connectivity index (χ4n) is 4.99. The molecule has 1 heterocycles. The molecule has 3 aliphatic rings. The van der Waals surface area contributed by atoms with Crippen LogP contribution in [0.25, 0.3) is 27.6 Å². The number of rotatable bonds is 0. The lowest BCUT2D eigenvalue weighted by atomic mass is 10.0. The lowest BCUT2D eigenvalue weighted by molar-refractivity contribution is 0.0996. The minimum Gasteiger partial charge on any atom is -0.379 e. The van der Waals surface area contributed by atoms with Crippen molar-refractivity contribution in [1.82, 2.24) is 0 Å². The van der Waals surface area contributed by atoms with Crippen molar-refractivity contribution in [3.8, 4) is 0 Å². The molecule has 2 nitrogen and oxygen atoms in total. The van der Waals surface area contributed by atoms with Crippen LogP contribution >= 0.6 is 0 Å². The van der Waals surface area contributed by atoms with Gasteiger partial charge in [0, 0.05) is 18.6 Å². The van der Waals surface area contributed by atoms with Gasteiger partial charge in [0.15, 0.2) is 5.78 Å². The lowest BCUT2D eigenvalue weighted by Crippen LogP contribution is -1.94. The molecule has 1 atom stereocenters. The summed E-state index contributed by atoms with van der Waals surface area (Å²) in [7, 11) is 0. The Labute approximate surface area is 195 Å². The monoisotopic (exact) mass is 434 g/mol. The van der Waals surface area contributed by atoms with Crippen LogP contribution in [0, 0.1) is 0 Å². The van der Waals surface area contributed by atoms with E-state index in [4.69, 9.17) is 4.74 Å². The molecule has 0 bridgehead atoms. The number of ketones is 1. The molecular weight excluding hydrogens is 404 g/mol. The molecule has 2 aliphatic carbocycles. The highest BCUT2D eigenvalue weighted by atomic mass is 16.5. The zero-order valence-corrected chi connectivity index (χ0v) is 19.2. The van der Waals surface area contributed by atoms with Crippen LogP contribution in [0.4, 0.5) is 0 Å². The van der Waals surface area contributed by atoms with Gasteiger partial charge < -0.3 is 4.74 Å². The van der Waals surface area contributed by atoms with Crippen LogP contribution in [0.3, 0.4) is 0 Å². The first-order chi connectivity index (χ1) is 16.2. The summed E-state index contributed by atoms with van der Waals surface area (Å²) >= 11 is 0. The van der Waals surface area contributed by atoms with Crippen LogP contribution in [-0.4, -0.2) is 18.5 Å². The van der Waals surface area contributed by atoms with E-state index in [1.54, 1.807) is 0 Å². The molecule has 4 aromatic carbocycles. The van der Waals surface area contributed by atoms with Gasteiger partial charge >= 0.3 is 0 Å². The van der Waals surface area contributed by atoms with Gasteiger partial charge in [0.25, 0.3) is 0 Å². The number of Topliss-reactive ketones (excluding diaryl/α,β-unsaturated/α-hetero) is 1. The molecule has 166 valence electrons. The van der Waals surface area contributed by atoms with E-state index in [1.165, 1.54) is 45.7 Å². The third-order valence-electron chi connectivity index (χ3n) is 6.76. The first kappa shape index (κ1) is 21.6. The minimum atomic E-state index is 0.303. The second-order valence-corrected chi connectivity index (χ2v) is 9.03. The highest BCUT2D eigenvalue weighted by Crippen LogP contribution is 2.30. The molecule has 0 spiro atoms. The van der Waals surface area contributed by atoms with Crippen molar-refractivity contribution in [1.29, 1.82) is 0 Å². The maximum atomic E-state index is 11.7. The number of allylic oxidation sites excluding steroid dienone is 1. The average Bonchev–Trinajstić information content (AvgIpc) is 3.61. The van der Waals surface area contributed by atoms with Crippen LogP contribution in [0.2, 0.25) is 0 Å². The standard InChI is InChI=1S/C13H10O.C13H10.C5H10O/c14-12-8-7-10-6-5-9-3-1-2-4-11(9)13(10)12;1-2-6-12-10(4-1)8-9-11-5-3-7-13(11)12;1-5-3-2-4-6-5/h1-6H,7-8H2;1-4,6-9H,5H2;5H,2-4H2,1H3. The molecule has 0 saturated carbocycles. The molecule has 7 rings (SSSR count). The largest absolute Gasteiger partial charge is 0.379 e. The van der Waals surface area contributed by atoms with Crippen molar-refractivity contribution >= 4 is 33.4 Å². The molecule has 1 aliphatic heterocycles. The minimum absolute atomic E-state index is 0.303. The number of benzene rings is 4. The van der Waals surface area contributed by atoms with E-state index in [9.17, 15) is 4.79 Å². The summed E-state index contributed by atoms with van der Waals surface area (Å²) < 4.78 is 5.15. The molecule has 33 heavy (non-hydrogen) atoms. The van der Waals surface area contributed by atoms with Gasteiger partial charge in [-0.15, -0.1) is 0 Å². The molecule has 0 N–H and O–H groups in total. The van der Waals surface area contributed by atoms with E-state index in [0.29, 0.717) is 18.3 Å². The molecule has 4 aromatic rings. The predicted molar refractivity (Wildman–Crippen MR) is 138 cm³/mol. The van der Waals surface area contributed by atoms with Crippen LogP contribution in [0.5, 0.6) is 0 Å². The van der Waals surface area contributed by atoms with Gasteiger partial charge in [0.2, 0.25) is 0 Å². The summed E-state index contributed by atoms with van der Waals surface area (Å²) in [5, 5.41) is 5.01. The van der Waals surface area contributed by atoms with Crippen LogP contribution in [0.15, 0.2) is 78.9 Å². The summed E-state index contributed by atoms with van der Waals surface area (Å²) in [5.74, 6) is 0.303. The third kappa shape index (κ3) is 4.62. The third-order valence-corrected chi connectivity index (χ3v) is 6.76. The maximum Gasteiger partial charge on any atom is 0.164 e. The molecule has 1 unspecified atom stereocenters. The lowest BCUT2D eigenvalue weighted by Gasteiger charge is -2.03. The molecule has 0 aromatic heterocycles. The Bertz CT molecular complexity index is 1330. The smallest absolute Gasteiger partial charge is 0.164 e. The van der Waals surface area contributed by atoms with E-state index in [1.807, 2.05) is 18.2 Å². The van der Waals surface area contributed by atoms with Gasteiger partial charge in [-0.3, -0.25) is 4.79 Å². The first-order valence-corrected chi connectivity index (χ1v) is 12.0.